The first kappa shape index (κ1) is 30.0. The number of methoxy groups -OCH3 is 2. The summed E-state index contributed by atoms with van der Waals surface area (Å²) < 4.78 is 13.2. The normalized spacial score (nSPS) is 13.9. The van der Waals surface area contributed by atoms with Crippen LogP contribution in [0.4, 0.5) is 0 Å². The van der Waals surface area contributed by atoms with Gasteiger partial charge in [0.2, 0.25) is 0 Å². The highest BCUT2D eigenvalue weighted by molar-refractivity contribution is 6.31. The maximum absolute atomic E-state index is 13.5. The number of ether oxygens (including phenoxy) is 2. The number of halogens is 1. The lowest BCUT2D eigenvalue weighted by molar-refractivity contribution is 0.0925. The molecule has 1 fully saturated rings. The maximum Gasteiger partial charge on any atom is 0.272 e. The molecule has 0 unspecified atom stereocenters. The van der Waals surface area contributed by atoms with Gasteiger partial charge in [0.1, 0.15) is 11.5 Å². The van der Waals surface area contributed by atoms with Crippen molar-refractivity contribution in [2.75, 3.05) is 14.2 Å². The molecule has 0 aliphatic heterocycles. The Morgan fingerprint density at radius 1 is 0.949 bits per heavy atom. The molecule has 0 radical (unpaired) electrons. The number of hydrogen-bond donors (Lipinski definition) is 1. The van der Waals surface area contributed by atoms with E-state index in [2.05, 4.69) is 10.3 Å². The van der Waals surface area contributed by atoms with Crippen molar-refractivity contribution < 1.29 is 14.3 Å². The molecule has 1 N–H and O–H groups in total. The molecule has 5 rings (SSSR count). The van der Waals surface area contributed by atoms with E-state index in [-0.39, 0.29) is 26.8 Å². The predicted molar refractivity (Wildman–Crippen MR) is 159 cm³/mol. The van der Waals surface area contributed by atoms with Crippen molar-refractivity contribution in [3.05, 3.63) is 65.4 Å². The minimum atomic E-state index is -0.180. The molecule has 208 valence electrons. The number of nitrogens with one attached hydrogen (secondary N) is 1. The molecular formula is C31H39ClN4O3. The summed E-state index contributed by atoms with van der Waals surface area (Å²) in [6.45, 7) is 0. The van der Waals surface area contributed by atoms with Gasteiger partial charge < -0.3 is 14.8 Å². The zero-order valence-corrected chi connectivity index (χ0v) is 21.9. The summed E-state index contributed by atoms with van der Waals surface area (Å²) >= 11 is 6.23. The highest BCUT2D eigenvalue weighted by Crippen LogP contribution is 2.40. The van der Waals surface area contributed by atoms with E-state index >= 15 is 0 Å². The molecule has 0 saturated heterocycles. The highest BCUT2D eigenvalue weighted by Gasteiger charge is 2.24. The fourth-order valence-corrected chi connectivity index (χ4v) is 5.27. The Labute approximate surface area is 236 Å². The molecule has 2 aromatic heterocycles. The van der Waals surface area contributed by atoms with Crippen molar-refractivity contribution >= 4 is 28.4 Å². The Morgan fingerprint density at radius 2 is 1.62 bits per heavy atom. The van der Waals surface area contributed by atoms with Gasteiger partial charge in [-0.3, -0.25) is 9.78 Å². The van der Waals surface area contributed by atoms with Gasteiger partial charge in [0.05, 0.1) is 36.7 Å². The van der Waals surface area contributed by atoms with E-state index in [1.54, 1.807) is 31.2 Å². The third-order valence-corrected chi connectivity index (χ3v) is 7.21. The molecule has 2 heterocycles. The number of nitrogens with zero attached hydrogens (tertiary/aromatic N) is 3. The van der Waals surface area contributed by atoms with E-state index in [1.165, 1.54) is 19.3 Å². The molecule has 8 heteroatoms. The van der Waals surface area contributed by atoms with Gasteiger partial charge in [-0.15, -0.1) is 0 Å². The topological polar surface area (TPSA) is 78.3 Å². The average Bonchev–Trinajstić information content (AvgIpc) is 3.34. The first-order valence-corrected chi connectivity index (χ1v) is 13.1. The fraction of sp³-hybridized carbons (Fsp3) is 0.387. The monoisotopic (exact) mass is 550 g/mol. The van der Waals surface area contributed by atoms with Crippen LogP contribution in [0.15, 0.2) is 54.7 Å². The molecule has 1 amide bonds. The average molecular weight is 551 g/mol. The van der Waals surface area contributed by atoms with Gasteiger partial charge >= 0.3 is 0 Å². The summed E-state index contributed by atoms with van der Waals surface area (Å²) in [7, 11) is 3.23. The third kappa shape index (κ3) is 6.36. The number of carbonyl (C=O) groups is 1. The van der Waals surface area contributed by atoms with Crippen molar-refractivity contribution in [1.82, 2.24) is 20.1 Å². The summed E-state index contributed by atoms with van der Waals surface area (Å²) in [6, 6.07) is 15.0. The smallest absolute Gasteiger partial charge is 0.272 e. The number of carbonyl (C=O) groups excluding carboxylic acids is 1. The molecule has 1 aliphatic rings. The molecule has 0 bridgehead atoms. The Morgan fingerprint density at radius 3 is 2.28 bits per heavy atom. The number of aromatic nitrogens is 3. The summed E-state index contributed by atoms with van der Waals surface area (Å²) in [5.74, 6) is 1.06. The van der Waals surface area contributed by atoms with Crippen LogP contribution in [0.25, 0.3) is 27.8 Å². The van der Waals surface area contributed by atoms with E-state index in [1.807, 2.05) is 42.5 Å². The van der Waals surface area contributed by atoms with Gasteiger partial charge in [-0.1, -0.05) is 64.6 Å². The minimum absolute atomic E-state index is 0. The first-order chi connectivity index (χ1) is 18.1. The molecule has 0 atom stereocenters. The zero-order valence-electron chi connectivity index (χ0n) is 21.2. The quantitative estimate of drug-likeness (QED) is 0.264. The number of rotatable bonds is 6. The lowest BCUT2D eigenvalue weighted by atomic mass is 9.96. The van der Waals surface area contributed by atoms with Crippen LogP contribution in [0, 0.1) is 0 Å². The standard InChI is InChI=1S/C29H31ClN4O3.2CH4/c1-36-26-11-8-12-27(37-2)28(26)25-18-23(29(35)32-20-9-6-4-3-5-7-10-20)33-34(25)24-15-16-31-22-17-19(30)13-14-21(22)24;;/h8,11-18,20H,3-7,9-10H2,1-2H3,(H,32,35);2*1H4. The predicted octanol–water partition coefficient (Wildman–Crippen LogP) is 7.87. The second kappa shape index (κ2) is 13.5. The number of pyridine rings is 1. The molecule has 39 heavy (non-hydrogen) atoms. The van der Waals surface area contributed by atoms with Crippen molar-refractivity contribution in [2.24, 2.45) is 0 Å². The summed E-state index contributed by atoms with van der Waals surface area (Å²) in [6.07, 6.45) is 9.69. The van der Waals surface area contributed by atoms with Gasteiger partial charge in [0, 0.05) is 22.6 Å². The molecule has 1 saturated carbocycles. The van der Waals surface area contributed by atoms with E-state index in [9.17, 15) is 4.79 Å². The van der Waals surface area contributed by atoms with Crippen LogP contribution in [0.3, 0.4) is 0 Å². The van der Waals surface area contributed by atoms with E-state index < -0.39 is 0 Å². The van der Waals surface area contributed by atoms with E-state index in [0.717, 1.165) is 42.3 Å². The van der Waals surface area contributed by atoms with Crippen LogP contribution in [0.1, 0.15) is 70.3 Å². The van der Waals surface area contributed by atoms with E-state index in [0.29, 0.717) is 33.5 Å². The number of amides is 1. The highest BCUT2D eigenvalue weighted by atomic mass is 35.5. The van der Waals surface area contributed by atoms with Gasteiger partial charge in [0.25, 0.3) is 5.91 Å². The van der Waals surface area contributed by atoms with Crippen molar-refractivity contribution in [2.45, 2.75) is 65.8 Å². The van der Waals surface area contributed by atoms with Crippen LogP contribution in [0.5, 0.6) is 11.5 Å². The fourth-order valence-electron chi connectivity index (χ4n) is 5.11. The molecular weight excluding hydrogens is 512 g/mol. The van der Waals surface area contributed by atoms with Crippen LogP contribution in [-0.2, 0) is 0 Å². The Hall–Kier alpha value is -3.58. The van der Waals surface area contributed by atoms with E-state index in [4.69, 9.17) is 26.2 Å². The molecule has 4 aromatic rings. The molecule has 2 aromatic carbocycles. The molecule has 7 nitrogen and oxygen atoms in total. The lowest BCUT2D eigenvalue weighted by Crippen LogP contribution is -2.35. The minimum Gasteiger partial charge on any atom is -0.496 e. The Balaban J connectivity index is 0.00000210. The number of benzene rings is 2. The van der Waals surface area contributed by atoms with Crippen molar-refractivity contribution in [1.29, 1.82) is 0 Å². The van der Waals surface area contributed by atoms with Crippen LogP contribution < -0.4 is 14.8 Å². The van der Waals surface area contributed by atoms with Crippen LogP contribution in [0.2, 0.25) is 5.02 Å². The number of fused-ring (bicyclic) bond motifs is 1. The summed E-state index contributed by atoms with van der Waals surface area (Å²) in [5.41, 5.74) is 3.24. The van der Waals surface area contributed by atoms with Gasteiger partial charge in [-0.05, 0) is 55.3 Å². The maximum atomic E-state index is 13.5. The SMILES string of the molecule is C.C.COc1cccc(OC)c1-c1cc(C(=O)NC2CCCCCCC2)nn1-c1ccnc2cc(Cl)ccc12. The first-order valence-electron chi connectivity index (χ1n) is 12.8. The van der Waals surface area contributed by atoms with Gasteiger partial charge in [0.15, 0.2) is 5.69 Å². The Kier molecular flexibility index (Phi) is 10.4. The van der Waals surface area contributed by atoms with Gasteiger partial charge in [-0.25, -0.2) is 4.68 Å². The lowest BCUT2D eigenvalue weighted by Gasteiger charge is -2.20. The van der Waals surface area contributed by atoms with Crippen molar-refractivity contribution in [3.8, 4) is 28.4 Å². The zero-order chi connectivity index (χ0) is 25.8. The largest absolute Gasteiger partial charge is 0.496 e. The Bertz CT molecular complexity index is 1390. The van der Waals surface area contributed by atoms with Crippen LogP contribution >= 0.6 is 11.6 Å². The second-order valence-electron chi connectivity index (χ2n) is 9.37. The summed E-state index contributed by atoms with van der Waals surface area (Å²) in [4.78, 5) is 18.0. The molecule has 0 spiro atoms. The van der Waals surface area contributed by atoms with Gasteiger partial charge in [-0.2, -0.15) is 5.10 Å². The second-order valence-corrected chi connectivity index (χ2v) is 9.81. The van der Waals surface area contributed by atoms with Crippen molar-refractivity contribution in [3.63, 3.8) is 0 Å². The third-order valence-electron chi connectivity index (χ3n) is 6.98. The summed E-state index contributed by atoms with van der Waals surface area (Å²) in [5, 5.41) is 9.52. The number of hydrogen-bond acceptors (Lipinski definition) is 5. The van der Waals surface area contributed by atoms with Crippen LogP contribution in [-0.4, -0.2) is 40.9 Å². The molecule has 1 aliphatic carbocycles.